The second-order valence-corrected chi connectivity index (χ2v) is 5.66. The van der Waals surface area contributed by atoms with Crippen molar-refractivity contribution in [3.05, 3.63) is 29.8 Å². The number of rotatable bonds is 3. The van der Waals surface area contributed by atoms with Crippen LogP contribution < -0.4 is 0 Å². The first-order valence-electron chi connectivity index (χ1n) is 5.08. The minimum absolute atomic E-state index is 0.150. The number of hydrogen-bond acceptors (Lipinski definition) is 4. The fraction of sp³-hybridized carbons (Fsp3) is 0.364. The smallest absolute Gasteiger partial charge is 0.442 e. The minimum atomic E-state index is -2.82. The molecule has 0 aliphatic carbocycles. The second-order valence-electron chi connectivity index (χ2n) is 3.40. The van der Waals surface area contributed by atoms with Crippen molar-refractivity contribution in [2.45, 2.75) is 18.4 Å². The van der Waals surface area contributed by atoms with Crippen molar-refractivity contribution in [1.29, 1.82) is 0 Å². The van der Waals surface area contributed by atoms with Crippen LogP contribution in [-0.4, -0.2) is 28.3 Å². The van der Waals surface area contributed by atoms with Crippen molar-refractivity contribution in [3.8, 4) is 0 Å². The van der Waals surface area contributed by atoms with E-state index in [4.69, 9.17) is 5.11 Å². The molecule has 0 radical (unpaired) electrons. The van der Waals surface area contributed by atoms with Crippen molar-refractivity contribution >= 4 is 15.8 Å². The van der Waals surface area contributed by atoms with Gasteiger partial charge in [-0.15, -0.1) is 4.36 Å². The molecule has 0 fully saturated rings. The molecule has 1 amide bonds. The molecule has 0 saturated heterocycles. The first-order chi connectivity index (χ1) is 7.99. The molecule has 0 saturated carbocycles. The number of hydrogen-bond donors (Lipinski definition) is 1. The van der Waals surface area contributed by atoms with Crippen LogP contribution in [0.2, 0.25) is 0 Å². The van der Waals surface area contributed by atoms with E-state index >= 15 is 0 Å². The molecule has 0 bridgehead atoms. The highest BCUT2D eigenvalue weighted by Gasteiger charge is 2.10. The van der Waals surface area contributed by atoms with Gasteiger partial charge < -0.3 is 9.84 Å². The van der Waals surface area contributed by atoms with Crippen LogP contribution >= 0.6 is 0 Å². The lowest BCUT2D eigenvalue weighted by Gasteiger charge is -2.05. The largest absolute Gasteiger partial charge is 0.448 e. The Labute approximate surface area is 101 Å². The van der Waals surface area contributed by atoms with E-state index in [2.05, 4.69) is 9.10 Å². The van der Waals surface area contributed by atoms with Crippen LogP contribution in [0.5, 0.6) is 0 Å². The number of benzene rings is 1. The van der Waals surface area contributed by atoms with E-state index in [0.717, 1.165) is 0 Å². The predicted molar refractivity (Wildman–Crippen MR) is 64.1 cm³/mol. The van der Waals surface area contributed by atoms with Gasteiger partial charge in [0.15, 0.2) is 0 Å². The number of amides is 1. The third-order valence-corrected chi connectivity index (χ3v) is 3.66. The van der Waals surface area contributed by atoms with E-state index in [9.17, 15) is 9.00 Å². The number of carbonyl (C=O) groups excluding carboxylic acids is 1. The Morgan fingerprint density at radius 1 is 1.53 bits per heavy atom. The number of aliphatic hydroxyl groups is 1. The Balaban J connectivity index is 3.12. The molecule has 1 aromatic carbocycles. The Hall–Kier alpha value is -1.40. The zero-order chi connectivity index (χ0) is 12.9. The van der Waals surface area contributed by atoms with Gasteiger partial charge in [0, 0.05) is 11.2 Å². The molecule has 1 N–H and O–H groups in total. The van der Waals surface area contributed by atoms with E-state index in [0.29, 0.717) is 10.5 Å². The Morgan fingerprint density at radius 3 is 2.82 bits per heavy atom. The van der Waals surface area contributed by atoms with E-state index in [-0.39, 0.29) is 13.2 Å². The molecular weight excluding hydrogens is 242 g/mol. The van der Waals surface area contributed by atoms with Crippen LogP contribution in [0.1, 0.15) is 12.5 Å². The summed E-state index contributed by atoms with van der Waals surface area (Å²) in [7, 11) is -2.82. The number of aliphatic hydroxyl groups excluding tert-OH is 1. The highest BCUT2D eigenvalue weighted by molar-refractivity contribution is 7.93. The van der Waals surface area contributed by atoms with E-state index in [1.807, 2.05) is 0 Å². The maximum atomic E-state index is 12.2. The summed E-state index contributed by atoms with van der Waals surface area (Å²) in [5, 5.41) is 8.98. The quantitative estimate of drug-likeness (QED) is 0.895. The van der Waals surface area contributed by atoms with Gasteiger partial charge in [0.05, 0.1) is 22.9 Å². The van der Waals surface area contributed by atoms with Crippen LogP contribution in [0, 0.1) is 0 Å². The molecule has 17 heavy (non-hydrogen) atoms. The number of ether oxygens (including phenoxy) is 1. The van der Waals surface area contributed by atoms with Crippen LogP contribution in [0.3, 0.4) is 0 Å². The van der Waals surface area contributed by atoms with Gasteiger partial charge >= 0.3 is 6.09 Å². The lowest BCUT2D eigenvalue weighted by Crippen LogP contribution is -2.05. The third kappa shape index (κ3) is 3.83. The fourth-order valence-electron chi connectivity index (χ4n) is 1.22. The second kappa shape index (κ2) is 5.79. The maximum absolute atomic E-state index is 12.2. The standard InChI is InChI=1S/C11H15NO4S/c1-3-16-11(14)12-17(2,15)10-6-4-5-9(7-10)8-13/h4-7,13H,3,8H2,1-2H3. The minimum Gasteiger partial charge on any atom is -0.448 e. The molecule has 0 spiro atoms. The fourth-order valence-corrected chi connectivity index (χ4v) is 2.37. The maximum Gasteiger partial charge on any atom is 0.442 e. The van der Waals surface area contributed by atoms with Gasteiger partial charge in [-0.05, 0) is 24.6 Å². The highest BCUT2D eigenvalue weighted by atomic mass is 32.2. The number of nitrogens with zero attached hydrogens (tertiary/aromatic N) is 1. The third-order valence-electron chi connectivity index (χ3n) is 2.03. The Bertz CT molecular complexity index is 518. The summed E-state index contributed by atoms with van der Waals surface area (Å²) in [4.78, 5) is 11.6. The van der Waals surface area contributed by atoms with E-state index in [1.54, 1.807) is 31.2 Å². The SMILES string of the molecule is CCOC(=O)N=S(C)(=O)c1cccc(CO)c1. The summed E-state index contributed by atoms with van der Waals surface area (Å²) in [6.07, 6.45) is 0.523. The summed E-state index contributed by atoms with van der Waals surface area (Å²) < 4.78 is 20.3. The molecular formula is C11H15NO4S. The molecule has 0 aromatic heterocycles. The van der Waals surface area contributed by atoms with Crippen molar-refractivity contribution in [2.75, 3.05) is 12.9 Å². The van der Waals surface area contributed by atoms with Crippen LogP contribution in [0.25, 0.3) is 0 Å². The first-order valence-corrected chi connectivity index (χ1v) is 7.00. The number of carbonyl (C=O) groups is 1. The zero-order valence-electron chi connectivity index (χ0n) is 9.75. The molecule has 5 nitrogen and oxygen atoms in total. The molecule has 1 aromatic rings. The summed E-state index contributed by atoms with van der Waals surface area (Å²) in [5.74, 6) is 0. The van der Waals surface area contributed by atoms with Crippen molar-refractivity contribution < 1.29 is 18.8 Å². The van der Waals surface area contributed by atoms with Crippen LogP contribution in [-0.2, 0) is 21.1 Å². The molecule has 1 unspecified atom stereocenters. The van der Waals surface area contributed by atoms with Crippen molar-refractivity contribution in [2.24, 2.45) is 4.36 Å². The zero-order valence-corrected chi connectivity index (χ0v) is 10.6. The monoisotopic (exact) mass is 257 g/mol. The van der Waals surface area contributed by atoms with Gasteiger partial charge in [0.1, 0.15) is 0 Å². The van der Waals surface area contributed by atoms with Gasteiger partial charge in [-0.25, -0.2) is 9.00 Å². The first kappa shape index (κ1) is 13.7. The van der Waals surface area contributed by atoms with Gasteiger partial charge in [-0.3, -0.25) is 0 Å². The predicted octanol–water partition coefficient (Wildman–Crippen LogP) is 1.79. The summed E-state index contributed by atoms with van der Waals surface area (Å²) in [6, 6.07) is 6.52. The normalized spacial score (nSPS) is 13.8. The lowest BCUT2D eigenvalue weighted by molar-refractivity contribution is 0.164. The van der Waals surface area contributed by atoms with Crippen LogP contribution in [0.4, 0.5) is 4.79 Å². The molecule has 94 valence electrons. The van der Waals surface area contributed by atoms with E-state index < -0.39 is 15.8 Å². The van der Waals surface area contributed by atoms with E-state index in [1.165, 1.54) is 6.26 Å². The molecule has 6 heteroatoms. The van der Waals surface area contributed by atoms with Gasteiger partial charge in [-0.1, -0.05) is 12.1 Å². The van der Waals surface area contributed by atoms with Gasteiger partial charge in [0.25, 0.3) is 0 Å². The van der Waals surface area contributed by atoms with Crippen molar-refractivity contribution in [1.82, 2.24) is 0 Å². The lowest BCUT2D eigenvalue weighted by atomic mass is 10.2. The topological polar surface area (TPSA) is 76.0 Å². The highest BCUT2D eigenvalue weighted by Crippen LogP contribution is 2.14. The summed E-state index contributed by atoms with van der Waals surface area (Å²) >= 11 is 0. The Kier molecular flexibility index (Phi) is 4.65. The average molecular weight is 257 g/mol. The molecule has 0 aliphatic rings. The summed E-state index contributed by atoms with van der Waals surface area (Å²) in [6.45, 7) is 1.69. The molecule has 1 rings (SSSR count). The van der Waals surface area contributed by atoms with Crippen molar-refractivity contribution in [3.63, 3.8) is 0 Å². The van der Waals surface area contributed by atoms with Gasteiger partial charge in [-0.2, -0.15) is 0 Å². The molecule has 1 atom stereocenters. The molecule has 0 heterocycles. The Morgan fingerprint density at radius 2 is 2.24 bits per heavy atom. The molecule has 0 aliphatic heterocycles. The van der Waals surface area contributed by atoms with Gasteiger partial charge in [0.2, 0.25) is 0 Å². The van der Waals surface area contributed by atoms with Crippen LogP contribution in [0.15, 0.2) is 33.5 Å². The summed E-state index contributed by atoms with van der Waals surface area (Å²) in [5.41, 5.74) is 0.621. The average Bonchev–Trinajstić information content (AvgIpc) is 2.28.